The first kappa shape index (κ1) is 18.3. The molecule has 116 valence electrons. The molecule has 0 aromatic carbocycles. The number of rotatable bonds is 10. The summed E-state index contributed by atoms with van der Waals surface area (Å²) in [4.78, 5) is 34.2. The zero-order chi connectivity index (χ0) is 15.4. The largest absolute Gasteiger partial charge is 0.464 e. The van der Waals surface area contributed by atoms with E-state index < -0.39 is 23.8 Å². The van der Waals surface area contributed by atoms with E-state index in [-0.39, 0.29) is 19.7 Å². The molecule has 0 aliphatic heterocycles. The number of carbonyl (C=O) groups excluding carboxylic acids is 3. The Labute approximate surface area is 118 Å². The van der Waals surface area contributed by atoms with Crippen molar-refractivity contribution < 1.29 is 19.1 Å². The molecular weight excluding hydrogens is 264 g/mol. The molecule has 0 aliphatic carbocycles. The number of carbonyl (C=O) groups is 3. The van der Waals surface area contributed by atoms with Gasteiger partial charge in [-0.1, -0.05) is 0 Å². The third-order valence-electron chi connectivity index (χ3n) is 2.48. The van der Waals surface area contributed by atoms with Gasteiger partial charge in [-0.25, -0.2) is 4.79 Å². The first-order chi connectivity index (χ1) is 9.54. The lowest BCUT2D eigenvalue weighted by Gasteiger charge is -2.17. The van der Waals surface area contributed by atoms with Crippen LogP contribution < -0.4 is 22.1 Å². The van der Waals surface area contributed by atoms with E-state index in [1.54, 1.807) is 6.92 Å². The van der Waals surface area contributed by atoms with Crippen molar-refractivity contribution in [2.24, 2.45) is 11.5 Å². The van der Waals surface area contributed by atoms with Gasteiger partial charge < -0.3 is 26.8 Å². The second kappa shape index (κ2) is 11.2. The minimum absolute atomic E-state index is 0.189. The number of ether oxygens (including phenoxy) is 1. The maximum Gasteiger partial charge on any atom is 0.328 e. The van der Waals surface area contributed by atoms with E-state index in [2.05, 4.69) is 10.6 Å². The van der Waals surface area contributed by atoms with Crippen LogP contribution in [0.25, 0.3) is 0 Å². The van der Waals surface area contributed by atoms with Gasteiger partial charge in [0.05, 0.1) is 19.7 Å². The van der Waals surface area contributed by atoms with Crippen LogP contribution in [0.4, 0.5) is 0 Å². The van der Waals surface area contributed by atoms with Gasteiger partial charge in [0.1, 0.15) is 6.04 Å². The Morgan fingerprint density at radius 3 is 2.40 bits per heavy atom. The summed E-state index contributed by atoms with van der Waals surface area (Å²) in [5, 5.41) is 4.86. The van der Waals surface area contributed by atoms with E-state index in [9.17, 15) is 14.4 Å². The van der Waals surface area contributed by atoms with Gasteiger partial charge in [-0.15, -0.1) is 0 Å². The molecule has 0 aromatic heterocycles. The molecule has 0 bridgehead atoms. The highest BCUT2D eigenvalue weighted by Gasteiger charge is 2.21. The molecular formula is C12H24N4O4. The Balaban J connectivity index is 4.27. The molecule has 0 aromatic rings. The lowest BCUT2D eigenvalue weighted by atomic mass is 10.1. The fourth-order valence-electron chi connectivity index (χ4n) is 1.48. The summed E-state index contributed by atoms with van der Waals surface area (Å²) in [6.07, 6.45) is 1.91. The number of esters is 1. The molecule has 0 aliphatic rings. The molecule has 0 saturated carbocycles. The first-order valence-electron chi connectivity index (χ1n) is 6.68. The van der Waals surface area contributed by atoms with Crippen LogP contribution >= 0.6 is 0 Å². The second-order valence-electron chi connectivity index (χ2n) is 4.14. The van der Waals surface area contributed by atoms with E-state index in [0.717, 1.165) is 6.42 Å². The molecule has 0 spiro atoms. The van der Waals surface area contributed by atoms with Crippen LogP contribution in [0.2, 0.25) is 0 Å². The van der Waals surface area contributed by atoms with Gasteiger partial charge in [-0.2, -0.15) is 0 Å². The molecule has 8 heteroatoms. The predicted octanol–water partition coefficient (Wildman–Crippen LogP) is -1.76. The topological polar surface area (TPSA) is 137 Å². The quantitative estimate of drug-likeness (QED) is 0.277. The highest BCUT2D eigenvalue weighted by atomic mass is 16.5. The first-order valence-corrected chi connectivity index (χ1v) is 6.68. The van der Waals surface area contributed by atoms with Crippen molar-refractivity contribution in [3.8, 4) is 0 Å². The van der Waals surface area contributed by atoms with Gasteiger partial charge in [0.25, 0.3) is 0 Å². The average Bonchev–Trinajstić information content (AvgIpc) is 2.44. The van der Waals surface area contributed by atoms with Gasteiger partial charge in [-0.3, -0.25) is 9.59 Å². The SMILES string of the molecule is CCOC(=O)[C@H](CCCCN)NC(=O)CNC(=O)CN. The molecule has 0 rings (SSSR count). The minimum atomic E-state index is -0.719. The maximum atomic E-state index is 11.7. The van der Waals surface area contributed by atoms with Crippen molar-refractivity contribution in [2.45, 2.75) is 32.2 Å². The van der Waals surface area contributed by atoms with Crippen LogP contribution in [0.5, 0.6) is 0 Å². The van der Waals surface area contributed by atoms with Crippen LogP contribution in [-0.4, -0.2) is 50.1 Å². The number of amides is 2. The van der Waals surface area contributed by atoms with E-state index in [0.29, 0.717) is 19.4 Å². The number of nitrogens with one attached hydrogen (secondary N) is 2. The van der Waals surface area contributed by atoms with Crippen molar-refractivity contribution in [2.75, 3.05) is 26.2 Å². The summed E-state index contributed by atoms with van der Waals surface area (Å²) in [7, 11) is 0. The summed E-state index contributed by atoms with van der Waals surface area (Å²) in [6, 6.07) is -0.719. The molecule has 0 heterocycles. The van der Waals surface area contributed by atoms with Crippen LogP contribution in [0.1, 0.15) is 26.2 Å². The molecule has 2 amide bonds. The fraction of sp³-hybridized carbons (Fsp3) is 0.750. The van der Waals surface area contributed by atoms with E-state index in [4.69, 9.17) is 16.2 Å². The number of nitrogens with two attached hydrogens (primary N) is 2. The molecule has 0 fully saturated rings. The Morgan fingerprint density at radius 2 is 1.85 bits per heavy atom. The van der Waals surface area contributed by atoms with E-state index in [1.165, 1.54) is 0 Å². The van der Waals surface area contributed by atoms with E-state index >= 15 is 0 Å². The van der Waals surface area contributed by atoms with Crippen molar-refractivity contribution >= 4 is 17.8 Å². The molecule has 1 atom stereocenters. The van der Waals surface area contributed by atoms with Crippen molar-refractivity contribution in [3.05, 3.63) is 0 Å². The highest BCUT2D eigenvalue weighted by Crippen LogP contribution is 2.02. The Hall–Kier alpha value is -1.67. The molecule has 0 radical (unpaired) electrons. The summed E-state index contributed by atoms with van der Waals surface area (Å²) in [5.74, 6) is -1.38. The van der Waals surface area contributed by atoms with E-state index in [1.807, 2.05) is 0 Å². The van der Waals surface area contributed by atoms with Gasteiger partial charge in [-0.05, 0) is 32.7 Å². The molecule has 20 heavy (non-hydrogen) atoms. The smallest absolute Gasteiger partial charge is 0.328 e. The Bertz CT molecular complexity index is 323. The third kappa shape index (κ3) is 8.44. The molecule has 8 nitrogen and oxygen atoms in total. The zero-order valence-corrected chi connectivity index (χ0v) is 11.8. The van der Waals surface area contributed by atoms with Gasteiger partial charge >= 0.3 is 5.97 Å². The summed E-state index contributed by atoms with van der Waals surface area (Å²) >= 11 is 0. The number of hydrogen-bond donors (Lipinski definition) is 4. The van der Waals surface area contributed by atoms with Crippen LogP contribution in [-0.2, 0) is 19.1 Å². The Kier molecular flexibility index (Phi) is 10.2. The number of hydrogen-bond acceptors (Lipinski definition) is 6. The van der Waals surface area contributed by atoms with Crippen LogP contribution in [0.15, 0.2) is 0 Å². The maximum absolute atomic E-state index is 11.7. The fourth-order valence-corrected chi connectivity index (χ4v) is 1.48. The molecule has 6 N–H and O–H groups in total. The van der Waals surface area contributed by atoms with Crippen molar-refractivity contribution in [3.63, 3.8) is 0 Å². The molecule has 0 saturated heterocycles. The Morgan fingerprint density at radius 1 is 1.15 bits per heavy atom. The van der Waals surface area contributed by atoms with Crippen LogP contribution in [0, 0.1) is 0 Å². The van der Waals surface area contributed by atoms with Crippen molar-refractivity contribution in [1.82, 2.24) is 10.6 Å². The lowest BCUT2D eigenvalue weighted by molar-refractivity contribution is -0.147. The molecule has 0 unspecified atom stereocenters. The minimum Gasteiger partial charge on any atom is -0.464 e. The lowest BCUT2D eigenvalue weighted by Crippen LogP contribution is -2.46. The summed E-state index contributed by atoms with van der Waals surface area (Å²) < 4.78 is 4.89. The summed E-state index contributed by atoms with van der Waals surface area (Å²) in [5.41, 5.74) is 10.5. The zero-order valence-electron chi connectivity index (χ0n) is 11.8. The van der Waals surface area contributed by atoms with Crippen molar-refractivity contribution in [1.29, 1.82) is 0 Å². The third-order valence-corrected chi connectivity index (χ3v) is 2.48. The van der Waals surface area contributed by atoms with Gasteiger partial charge in [0.2, 0.25) is 11.8 Å². The second-order valence-corrected chi connectivity index (χ2v) is 4.14. The normalized spacial score (nSPS) is 11.6. The van der Waals surface area contributed by atoms with Gasteiger partial charge in [0, 0.05) is 0 Å². The average molecular weight is 288 g/mol. The predicted molar refractivity (Wildman–Crippen MR) is 73.5 cm³/mol. The number of unbranched alkanes of at least 4 members (excludes halogenated alkanes) is 1. The standard InChI is InChI=1S/C12H24N4O4/c1-2-20-12(19)9(5-3-4-6-13)16-11(18)8-15-10(17)7-14/h9H,2-8,13-14H2,1H3,(H,15,17)(H,16,18)/t9-/m0/s1. The summed E-state index contributed by atoms with van der Waals surface area (Å²) in [6.45, 7) is 2.05. The van der Waals surface area contributed by atoms with Gasteiger partial charge in [0.15, 0.2) is 0 Å². The van der Waals surface area contributed by atoms with Crippen LogP contribution in [0.3, 0.4) is 0 Å². The monoisotopic (exact) mass is 288 g/mol. The highest BCUT2D eigenvalue weighted by molar-refractivity contribution is 5.88.